The quantitative estimate of drug-likeness (QED) is 0.655. The lowest BCUT2D eigenvalue weighted by molar-refractivity contribution is -0.121. The van der Waals surface area contributed by atoms with Crippen LogP contribution in [0.15, 0.2) is 27.9 Å². The SMILES string of the molecule is CCSc1nc(CC(=O)N[C@H](C)c2nc3ccc(C)cc3[nH]2)cs1. The normalized spacial score (nSPS) is 12.5. The number of hydrogen-bond acceptors (Lipinski definition) is 5. The van der Waals surface area contributed by atoms with E-state index in [4.69, 9.17) is 0 Å². The molecule has 0 aliphatic carbocycles. The zero-order valence-corrected chi connectivity index (χ0v) is 15.6. The minimum atomic E-state index is -0.173. The molecule has 0 saturated carbocycles. The molecule has 0 spiro atoms. The first-order chi connectivity index (χ1) is 11.5. The summed E-state index contributed by atoms with van der Waals surface area (Å²) in [5, 5.41) is 4.94. The average Bonchev–Trinajstić information content (AvgIpc) is 3.13. The molecule has 1 atom stereocenters. The number of fused-ring (bicyclic) bond motifs is 1. The number of hydrogen-bond donors (Lipinski definition) is 2. The summed E-state index contributed by atoms with van der Waals surface area (Å²) in [6, 6.07) is 5.90. The third-order valence-electron chi connectivity index (χ3n) is 3.58. The van der Waals surface area contributed by atoms with Gasteiger partial charge in [0.15, 0.2) is 0 Å². The number of aryl methyl sites for hydroxylation is 1. The highest BCUT2D eigenvalue weighted by Crippen LogP contribution is 2.22. The number of aromatic amines is 1. The molecule has 0 radical (unpaired) electrons. The van der Waals surface area contributed by atoms with Crippen LogP contribution in [-0.2, 0) is 11.2 Å². The summed E-state index contributed by atoms with van der Waals surface area (Å²) in [7, 11) is 0. The van der Waals surface area contributed by atoms with Crippen LogP contribution >= 0.6 is 23.1 Å². The van der Waals surface area contributed by atoms with Gasteiger partial charge in [-0.05, 0) is 37.3 Å². The maximum Gasteiger partial charge on any atom is 0.226 e. The largest absolute Gasteiger partial charge is 0.346 e. The van der Waals surface area contributed by atoms with E-state index in [0.717, 1.165) is 32.6 Å². The van der Waals surface area contributed by atoms with Gasteiger partial charge in [0.25, 0.3) is 0 Å². The number of benzene rings is 1. The van der Waals surface area contributed by atoms with Crippen molar-refractivity contribution in [1.82, 2.24) is 20.3 Å². The minimum absolute atomic E-state index is 0.0440. The Morgan fingerprint density at radius 2 is 2.25 bits per heavy atom. The van der Waals surface area contributed by atoms with Crippen molar-refractivity contribution in [2.24, 2.45) is 0 Å². The van der Waals surface area contributed by atoms with E-state index in [1.807, 2.05) is 31.4 Å². The Hall–Kier alpha value is -1.86. The van der Waals surface area contributed by atoms with Gasteiger partial charge in [0.1, 0.15) is 10.2 Å². The number of carbonyl (C=O) groups is 1. The maximum atomic E-state index is 12.2. The maximum absolute atomic E-state index is 12.2. The Morgan fingerprint density at radius 3 is 3.04 bits per heavy atom. The van der Waals surface area contributed by atoms with Gasteiger partial charge in [-0.1, -0.05) is 24.8 Å². The summed E-state index contributed by atoms with van der Waals surface area (Å²) in [5.74, 6) is 1.71. The fourth-order valence-corrected chi connectivity index (χ4v) is 4.17. The Kier molecular flexibility index (Phi) is 5.20. The molecule has 5 nitrogen and oxygen atoms in total. The number of nitrogens with zero attached hydrogens (tertiary/aromatic N) is 2. The lowest BCUT2D eigenvalue weighted by atomic mass is 10.2. The number of H-pyrrole nitrogens is 1. The summed E-state index contributed by atoms with van der Waals surface area (Å²) in [6.07, 6.45) is 0.296. The molecule has 0 bridgehead atoms. The standard InChI is InChI=1S/C17H20N4OS2/c1-4-23-17-19-12(9-24-17)8-15(22)18-11(3)16-20-13-6-5-10(2)7-14(13)21-16/h5-7,9,11H,4,8H2,1-3H3,(H,18,22)(H,20,21)/t11-/m1/s1. The highest BCUT2D eigenvalue weighted by molar-refractivity contribution is 8.00. The van der Waals surface area contributed by atoms with Crippen LogP contribution in [0.2, 0.25) is 0 Å². The van der Waals surface area contributed by atoms with Crippen LogP contribution in [0.25, 0.3) is 11.0 Å². The summed E-state index contributed by atoms with van der Waals surface area (Å²) >= 11 is 3.29. The predicted octanol–water partition coefficient (Wildman–Crippen LogP) is 3.86. The summed E-state index contributed by atoms with van der Waals surface area (Å²) < 4.78 is 1.01. The third-order valence-corrected chi connectivity index (χ3v) is 5.54. The van der Waals surface area contributed by atoms with Crippen molar-refractivity contribution in [2.75, 3.05) is 5.75 Å². The Morgan fingerprint density at radius 1 is 1.42 bits per heavy atom. The van der Waals surface area contributed by atoms with Crippen molar-refractivity contribution >= 4 is 40.0 Å². The smallest absolute Gasteiger partial charge is 0.226 e. The number of amides is 1. The zero-order chi connectivity index (χ0) is 17.1. The van der Waals surface area contributed by atoms with Crippen LogP contribution in [0.4, 0.5) is 0 Å². The molecule has 0 aliphatic rings. The van der Waals surface area contributed by atoms with Crippen LogP contribution < -0.4 is 5.32 Å². The van der Waals surface area contributed by atoms with E-state index in [1.54, 1.807) is 23.1 Å². The van der Waals surface area contributed by atoms with Gasteiger partial charge in [-0.2, -0.15) is 0 Å². The molecule has 0 unspecified atom stereocenters. The average molecular weight is 361 g/mol. The molecule has 3 aromatic rings. The fourth-order valence-electron chi connectivity index (χ4n) is 2.43. The minimum Gasteiger partial charge on any atom is -0.346 e. The van der Waals surface area contributed by atoms with Gasteiger partial charge in [-0.3, -0.25) is 4.79 Å². The molecular formula is C17H20N4OS2. The van der Waals surface area contributed by atoms with E-state index in [-0.39, 0.29) is 11.9 Å². The Balaban J connectivity index is 1.63. The molecule has 0 aliphatic heterocycles. The van der Waals surface area contributed by atoms with E-state index in [0.29, 0.717) is 6.42 Å². The van der Waals surface area contributed by atoms with Crippen LogP contribution in [-0.4, -0.2) is 26.6 Å². The van der Waals surface area contributed by atoms with Crippen molar-refractivity contribution in [3.8, 4) is 0 Å². The summed E-state index contributed by atoms with van der Waals surface area (Å²) in [6.45, 7) is 6.07. The number of nitrogens with one attached hydrogen (secondary N) is 2. The summed E-state index contributed by atoms with van der Waals surface area (Å²) in [5.41, 5.74) is 3.91. The van der Waals surface area contributed by atoms with Crippen molar-refractivity contribution in [1.29, 1.82) is 0 Å². The van der Waals surface area contributed by atoms with Crippen molar-refractivity contribution in [2.45, 2.75) is 37.6 Å². The Labute approximate surface area is 149 Å². The molecule has 7 heteroatoms. The monoisotopic (exact) mass is 360 g/mol. The first-order valence-corrected chi connectivity index (χ1v) is 9.74. The van der Waals surface area contributed by atoms with Crippen molar-refractivity contribution < 1.29 is 4.79 Å². The van der Waals surface area contributed by atoms with Crippen LogP contribution in [0.5, 0.6) is 0 Å². The van der Waals surface area contributed by atoms with Crippen molar-refractivity contribution in [3.05, 3.63) is 40.7 Å². The van der Waals surface area contributed by atoms with Gasteiger partial charge >= 0.3 is 0 Å². The lowest BCUT2D eigenvalue weighted by Crippen LogP contribution is -2.28. The molecule has 2 heterocycles. The van der Waals surface area contributed by atoms with Gasteiger partial charge in [0.2, 0.25) is 5.91 Å². The molecule has 1 aromatic carbocycles. The second-order valence-electron chi connectivity index (χ2n) is 5.65. The molecule has 126 valence electrons. The number of carbonyl (C=O) groups excluding carboxylic acids is 1. The van der Waals surface area contributed by atoms with Gasteiger partial charge < -0.3 is 10.3 Å². The molecule has 1 amide bonds. The molecular weight excluding hydrogens is 340 g/mol. The highest BCUT2D eigenvalue weighted by atomic mass is 32.2. The second-order valence-corrected chi connectivity index (χ2v) is 8.02. The van der Waals surface area contributed by atoms with E-state index >= 15 is 0 Å². The van der Waals surface area contributed by atoms with E-state index in [2.05, 4.69) is 33.3 Å². The number of thiazole rings is 1. The molecule has 3 rings (SSSR count). The highest BCUT2D eigenvalue weighted by Gasteiger charge is 2.15. The zero-order valence-electron chi connectivity index (χ0n) is 13.9. The van der Waals surface area contributed by atoms with E-state index < -0.39 is 0 Å². The topological polar surface area (TPSA) is 70.7 Å². The van der Waals surface area contributed by atoms with Gasteiger partial charge in [-0.25, -0.2) is 9.97 Å². The summed E-state index contributed by atoms with van der Waals surface area (Å²) in [4.78, 5) is 24.5. The number of imidazole rings is 1. The van der Waals surface area contributed by atoms with E-state index in [9.17, 15) is 4.79 Å². The van der Waals surface area contributed by atoms with Crippen LogP contribution in [0.3, 0.4) is 0 Å². The third kappa shape index (κ3) is 3.96. The number of aromatic nitrogens is 3. The number of thioether (sulfide) groups is 1. The predicted molar refractivity (Wildman–Crippen MR) is 99.6 cm³/mol. The number of rotatable bonds is 6. The van der Waals surface area contributed by atoms with Crippen LogP contribution in [0, 0.1) is 6.92 Å². The molecule has 0 fully saturated rings. The Bertz CT molecular complexity index is 855. The molecule has 24 heavy (non-hydrogen) atoms. The van der Waals surface area contributed by atoms with E-state index in [1.165, 1.54) is 5.56 Å². The lowest BCUT2D eigenvalue weighted by Gasteiger charge is -2.10. The molecule has 2 aromatic heterocycles. The van der Waals surface area contributed by atoms with Crippen molar-refractivity contribution in [3.63, 3.8) is 0 Å². The van der Waals surface area contributed by atoms with Gasteiger partial charge in [0, 0.05) is 5.38 Å². The molecule has 0 saturated heterocycles. The molecule has 2 N–H and O–H groups in total. The first kappa shape index (κ1) is 17.0. The first-order valence-electron chi connectivity index (χ1n) is 7.88. The second kappa shape index (κ2) is 7.36. The van der Waals surface area contributed by atoms with Gasteiger partial charge in [0.05, 0.1) is 29.2 Å². The van der Waals surface area contributed by atoms with Crippen LogP contribution in [0.1, 0.15) is 37.0 Å². The van der Waals surface area contributed by atoms with Gasteiger partial charge in [-0.15, -0.1) is 11.3 Å². The fraction of sp³-hybridized carbons (Fsp3) is 0.353.